The molecule has 0 radical (unpaired) electrons. The fourth-order valence-corrected chi connectivity index (χ4v) is 2.29. The van der Waals surface area contributed by atoms with Crippen LogP contribution in [0.4, 0.5) is 0 Å². The van der Waals surface area contributed by atoms with Crippen LogP contribution in [0.1, 0.15) is 0 Å². The van der Waals surface area contributed by atoms with Crippen LogP contribution in [0.2, 0.25) is 0 Å². The molecule has 5 heteroatoms. The zero-order chi connectivity index (χ0) is 11.4. The van der Waals surface area contributed by atoms with Gasteiger partial charge in [-0.3, -0.25) is 0 Å². The summed E-state index contributed by atoms with van der Waals surface area (Å²) in [7, 11) is -0.750. The van der Waals surface area contributed by atoms with Crippen molar-refractivity contribution < 1.29 is 10.0 Å². The average Bonchev–Trinajstić information content (AvgIpc) is 2.78. The third-order valence-corrected chi connectivity index (χ3v) is 3.02. The van der Waals surface area contributed by atoms with Crippen molar-refractivity contribution in [3.05, 3.63) is 41.9 Å². The number of nitrogens with zero attached hydrogens (tertiary/aromatic N) is 1. The number of hydrogen-bond donors (Lipinski definition) is 2. The molecule has 0 aliphatic rings. The third-order valence-electron chi connectivity index (χ3n) is 2.23. The number of benzene rings is 2. The van der Waals surface area contributed by atoms with Crippen molar-refractivity contribution in [2.24, 2.45) is 0 Å². The maximum atomic E-state index is 7.12. The minimum absolute atomic E-state index is 0.750. The monoisotopic (exact) mass is 231 g/mol. The van der Waals surface area contributed by atoms with Gasteiger partial charge in [-0.25, -0.2) is 4.98 Å². The summed E-state index contributed by atoms with van der Waals surface area (Å²) in [5.41, 5.74) is 3.03. The van der Waals surface area contributed by atoms with Crippen molar-refractivity contribution in [3.63, 3.8) is 0 Å². The van der Waals surface area contributed by atoms with Gasteiger partial charge in [-0.15, -0.1) is 11.3 Å². The SMILES string of the molecule is OBO.c1ccc2c(c1)ccc1scnc12. The molecule has 0 saturated heterocycles. The highest BCUT2D eigenvalue weighted by molar-refractivity contribution is 7.16. The topological polar surface area (TPSA) is 53.4 Å². The van der Waals surface area contributed by atoms with Crippen LogP contribution in [0.3, 0.4) is 0 Å². The highest BCUT2D eigenvalue weighted by atomic mass is 32.1. The molecule has 80 valence electrons. The van der Waals surface area contributed by atoms with Crippen molar-refractivity contribution in [3.8, 4) is 0 Å². The van der Waals surface area contributed by atoms with Gasteiger partial charge < -0.3 is 10.0 Å². The molecule has 1 aromatic heterocycles. The summed E-state index contributed by atoms with van der Waals surface area (Å²) in [4.78, 5) is 4.37. The Labute approximate surface area is 97.3 Å². The number of hydrogen-bond acceptors (Lipinski definition) is 4. The van der Waals surface area contributed by atoms with E-state index in [1.807, 2.05) is 5.51 Å². The fourth-order valence-electron chi connectivity index (χ4n) is 1.60. The van der Waals surface area contributed by atoms with E-state index in [0.717, 1.165) is 5.52 Å². The van der Waals surface area contributed by atoms with Crippen molar-refractivity contribution >= 4 is 40.0 Å². The first-order chi connectivity index (χ1) is 7.86. The van der Waals surface area contributed by atoms with Crippen LogP contribution in [0.5, 0.6) is 0 Å². The van der Waals surface area contributed by atoms with Crippen molar-refractivity contribution in [2.75, 3.05) is 0 Å². The predicted molar refractivity (Wildman–Crippen MR) is 68.7 cm³/mol. The normalized spacial score (nSPS) is 9.88. The van der Waals surface area contributed by atoms with E-state index in [1.165, 1.54) is 15.5 Å². The first kappa shape index (κ1) is 11.1. The predicted octanol–water partition coefficient (Wildman–Crippen LogP) is 1.69. The van der Waals surface area contributed by atoms with Gasteiger partial charge in [-0.05, 0) is 11.5 Å². The molecular weight excluding hydrogens is 221 g/mol. The Morgan fingerprint density at radius 3 is 2.62 bits per heavy atom. The van der Waals surface area contributed by atoms with Gasteiger partial charge in [0.15, 0.2) is 0 Å². The maximum Gasteiger partial charge on any atom is 0.432 e. The van der Waals surface area contributed by atoms with Gasteiger partial charge in [0.2, 0.25) is 0 Å². The molecule has 16 heavy (non-hydrogen) atoms. The van der Waals surface area contributed by atoms with Crippen LogP contribution in [-0.4, -0.2) is 22.7 Å². The Bertz CT molecular complexity index is 596. The van der Waals surface area contributed by atoms with E-state index in [4.69, 9.17) is 10.0 Å². The second kappa shape index (κ2) is 5.07. The Hall–Kier alpha value is -1.43. The molecule has 0 amide bonds. The van der Waals surface area contributed by atoms with Crippen LogP contribution in [0, 0.1) is 0 Å². The van der Waals surface area contributed by atoms with E-state index in [0.29, 0.717) is 0 Å². The van der Waals surface area contributed by atoms with Gasteiger partial charge >= 0.3 is 7.69 Å². The summed E-state index contributed by atoms with van der Waals surface area (Å²) in [6, 6.07) is 12.6. The van der Waals surface area contributed by atoms with Crippen LogP contribution >= 0.6 is 11.3 Å². The Balaban J connectivity index is 0.000000292. The lowest BCUT2D eigenvalue weighted by Gasteiger charge is -1.96. The summed E-state index contributed by atoms with van der Waals surface area (Å²) in [5.74, 6) is 0. The van der Waals surface area contributed by atoms with Crippen LogP contribution < -0.4 is 0 Å². The molecule has 2 N–H and O–H groups in total. The fraction of sp³-hybridized carbons (Fsp3) is 0. The standard InChI is InChI=1S/C11H7NS.BH3O2/c1-2-4-9-8(3-1)5-6-10-11(9)12-7-13-10;2-1-3/h1-7H;1-3H. The molecule has 3 nitrogen and oxygen atoms in total. The summed E-state index contributed by atoms with van der Waals surface area (Å²) in [5, 5.41) is 16.8. The van der Waals surface area contributed by atoms with Crippen molar-refractivity contribution in [1.82, 2.24) is 4.98 Å². The van der Waals surface area contributed by atoms with E-state index in [9.17, 15) is 0 Å². The molecule has 0 bridgehead atoms. The molecule has 0 aliphatic heterocycles. The molecule has 1 heterocycles. The summed E-state index contributed by atoms with van der Waals surface area (Å²) < 4.78 is 1.26. The smallest absolute Gasteiger partial charge is 0.430 e. The first-order valence-corrected chi connectivity index (χ1v) is 5.67. The lowest BCUT2D eigenvalue weighted by molar-refractivity contribution is 0.448. The summed E-state index contributed by atoms with van der Waals surface area (Å²) in [6.07, 6.45) is 0. The van der Waals surface area contributed by atoms with Gasteiger partial charge in [-0.1, -0.05) is 30.3 Å². The lowest BCUT2D eigenvalue weighted by Crippen LogP contribution is -1.75. The molecule has 0 spiro atoms. The minimum atomic E-state index is -0.750. The Morgan fingerprint density at radius 1 is 1.06 bits per heavy atom. The number of thiazole rings is 1. The number of aromatic nitrogens is 1. The summed E-state index contributed by atoms with van der Waals surface area (Å²) >= 11 is 1.69. The Morgan fingerprint density at radius 2 is 1.81 bits per heavy atom. The van der Waals surface area contributed by atoms with Gasteiger partial charge in [-0.2, -0.15) is 0 Å². The van der Waals surface area contributed by atoms with E-state index < -0.39 is 7.69 Å². The maximum absolute atomic E-state index is 7.12. The van der Waals surface area contributed by atoms with Crippen molar-refractivity contribution in [2.45, 2.75) is 0 Å². The van der Waals surface area contributed by atoms with Gasteiger partial charge in [0.1, 0.15) is 0 Å². The molecule has 0 atom stereocenters. The quantitative estimate of drug-likeness (QED) is 0.579. The second-order valence-electron chi connectivity index (χ2n) is 3.13. The van der Waals surface area contributed by atoms with Gasteiger partial charge in [0.05, 0.1) is 15.7 Å². The van der Waals surface area contributed by atoms with Gasteiger partial charge in [0, 0.05) is 5.39 Å². The molecule has 3 aromatic rings. The molecule has 0 aliphatic carbocycles. The zero-order valence-electron chi connectivity index (χ0n) is 8.50. The van der Waals surface area contributed by atoms with Crippen LogP contribution in [0.15, 0.2) is 41.9 Å². The highest BCUT2D eigenvalue weighted by Crippen LogP contribution is 2.26. The van der Waals surface area contributed by atoms with Crippen LogP contribution in [0.25, 0.3) is 21.0 Å². The number of fused-ring (bicyclic) bond motifs is 3. The van der Waals surface area contributed by atoms with E-state index >= 15 is 0 Å². The lowest BCUT2D eigenvalue weighted by atomic mass is 10.1. The molecule has 0 unspecified atom stereocenters. The molecule has 2 aromatic carbocycles. The van der Waals surface area contributed by atoms with Crippen LogP contribution in [-0.2, 0) is 0 Å². The largest absolute Gasteiger partial charge is 0.432 e. The average molecular weight is 231 g/mol. The van der Waals surface area contributed by atoms with E-state index in [1.54, 1.807) is 11.3 Å². The van der Waals surface area contributed by atoms with Crippen molar-refractivity contribution in [1.29, 1.82) is 0 Å². The highest BCUT2D eigenvalue weighted by Gasteiger charge is 2.00. The molecule has 0 fully saturated rings. The summed E-state index contributed by atoms with van der Waals surface area (Å²) in [6.45, 7) is 0. The van der Waals surface area contributed by atoms with E-state index in [2.05, 4.69) is 41.4 Å². The molecule has 0 saturated carbocycles. The molecule has 3 rings (SSSR count). The third kappa shape index (κ3) is 2.06. The minimum Gasteiger partial charge on any atom is -0.430 e. The number of rotatable bonds is 0. The molecular formula is C11H10BNO2S. The first-order valence-electron chi connectivity index (χ1n) is 4.79. The van der Waals surface area contributed by atoms with E-state index in [-0.39, 0.29) is 0 Å². The zero-order valence-corrected chi connectivity index (χ0v) is 9.31. The second-order valence-corrected chi connectivity index (χ2v) is 4.01. The Kier molecular flexibility index (Phi) is 3.51. The van der Waals surface area contributed by atoms with Gasteiger partial charge in [0.25, 0.3) is 0 Å².